The molecule has 20 heavy (non-hydrogen) atoms. The second-order valence-electron chi connectivity index (χ2n) is 5.16. The number of halogens is 4. The highest BCUT2D eigenvalue weighted by Crippen LogP contribution is 2.38. The van der Waals surface area contributed by atoms with Crippen LogP contribution in [0.2, 0.25) is 0 Å². The molecule has 2 nitrogen and oxygen atoms in total. The fourth-order valence-electron chi connectivity index (χ4n) is 2.34. The fraction of sp³-hybridized carbons (Fsp3) is 0.571. The summed E-state index contributed by atoms with van der Waals surface area (Å²) in [7, 11) is 1.66. The Balaban J connectivity index is 2.40. The highest BCUT2D eigenvalue weighted by atomic mass is 19.4. The lowest BCUT2D eigenvalue weighted by Crippen LogP contribution is -2.37. The Morgan fingerprint density at radius 1 is 1.35 bits per heavy atom. The molecule has 1 unspecified atom stereocenters. The SMILES string of the molecule is CNC(C)c1c(F)cccc1N(CC(F)(F)F)C1CC1. The molecule has 0 amide bonds. The molecule has 1 aliphatic carbocycles. The van der Waals surface area contributed by atoms with Crippen LogP contribution < -0.4 is 10.2 Å². The van der Waals surface area contributed by atoms with Gasteiger partial charge in [0.05, 0.1) is 0 Å². The zero-order valence-corrected chi connectivity index (χ0v) is 11.5. The number of alkyl halides is 3. The van der Waals surface area contributed by atoms with E-state index in [2.05, 4.69) is 5.32 Å². The van der Waals surface area contributed by atoms with Gasteiger partial charge < -0.3 is 10.2 Å². The highest BCUT2D eigenvalue weighted by molar-refractivity contribution is 5.57. The second kappa shape index (κ2) is 5.60. The van der Waals surface area contributed by atoms with Crippen LogP contribution in [0, 0.1) is 5.82 Å². The third-order valence-corrected chi connectivity index (χ3v) is 3.54. The van der Waals surface area contributed by atoms with Gasteiger partial charge in [0.15, 0.2) is 0 Å². The van der Waals surface area contributed by atoms with Gasteiger partial charge in [-0.1, -0.05) is 6.07 Å². The van der Waals surface area contributed by atoms with Gasteiger partial charge in [0.25, 0.3) is 0 Å². The van der Waals surface area contributed by atoms with Crippen LogP contribution in [0.3, 0.4) is 0 Å². The van der Waals surface area contributed by atoms with Gasteiger partial charge >= 0.3 is 6.18 Å². The summed E-state index contributed by atoms with van der Waals surface area (Å²) in [4.78, 5) is 1.28. The van der Waals surface area contributed by atoms with Gasteiger partial charge in [0.1, 0.15) is 12.4 Å². The van der Waals surface area contributed by atoms with Crippen molar-refractivity contribution in [2.24, 2.45) is 0 Å². The van der Waals surface area contributed by atoms with E-state index in [0.717, 1.165) is 12.8 Å². The maximum atomic E-state index is 14.0. The van der Waals surface area contributed by atoms with Crippen LogP contribution in [-0.4, -0.2) is 25.8 Å². The quantitative estimate of drug-likeness (QED) is 0.833. The van der Waals surface area contributed by atoms with Gasteiger partial charge in [-0.05, 0) is 38.9 Å². The van der Waals surface area contributed by atoms with Crippen LogP contribution in [-0.2, 0) is 0 Å². The summed E-state index contributed by atoms with van der Waals surface area (Å²) < 4.78 is 52.2. The minimum Gasteiger partial charge on any atom is -0.359 e. The first-order valence-electron chi connectivity index (χ1n) is 6.62. The monoisotopic (exact) mass is 290 g/mol. The van der Waals surface area contributed by atoms with Crippen molar-refractivity contribution in [2.45, 2.75) is 38.0 Å². The molecule has 1 aliphatic rings. The first-order chi connectivity index (χ1) is 9.33. The Kier molecular flexibility index (Phi) is 4.22. The number of nitrogens with one attached hydrogen (secondary N) is 1. The molecule has 0 saturated heterocycles. The van der Waals surface area contributed by atoms with E-state index in [1.165, 1.54) is 17.0 Å². The largest absolute Gasteiger partial charge is 0.405 e. The molecule has 2 rings (SSSR count). The molecule has 1 fully saturated rings. The molecule has 1 aromatic rings. The molecule has 0 bridgehead atoms. The van der Waals surface area contributed by atoms with Gasteiger partial charge in [0, 0.05) is 23.3 Å². The average Bonchev–Trinajstić information content (AvgIpc) is 3.18. The molecule has 6 heteroatoms. The lowest BCUT2D eigenvalue weighted by atomic mass is 10.0. The van der Waals surface area contributed by atoms with Gasteiger partial charge in [-0.25, -0.2) is 4.39 Å². The maximum Gasteiger partial charge on any atom is 0.405 e. The van der Waals surface area contributed by atoms with Crippen LogP contribution in [0.15, 0.2) is 18.2 Å². The topological polar surface area (TPSA) is 15.3 Å². The third-order valence-electron chi connectivity index (χ3n) is 3.54. The second-order valence-corrected chi connectivity index (χ2v) is 5.16. The highest BCUT2D eigenvalue weighted by Gasteiger charge is 2.39. The van der Waals surface area contributed by atoms with E-state index in [4.69, 9.17) is 0 Å². The van der Waals surface area contributed by atoms with Crippen molar-refractivity contribution in [3.8, 4) is 0 Å². The van der Waals surface area contributed by atoms with Gasteiger partial charge in [-0.15, -0.1) is 0 Å². The third kappa shape index (κ3) is 3.42. The van der Waals surface area contributed by atoms with Crippen molar-refractivity contribution in [1.82, 2.24) is 5.32 Å². The van der Waals surface area contributed by atoms with Crippen LogP contribution in [0.25, 0.3) is 0 Å². The number of nitrogens with zero attached hydrogens (tertiary/aromatic N) is 1. The number of hydrogen-bond donors (Lipinski definition) is 1. The Morgan fingerprint density at radius 2 is 2.00 bits per heavy atom. The van der Waals surface area contributed by atoms with Gasteiger partial charge in [0.2, 0.25) is 0 Å². The molecule has 1 N–H and O–H groups in total. The van der Waals surface area contributed by atoms with Crippen LogP contribution in [0.4, 0.5) is 23.2 Å². The normalized spacial score (nSPS) is 17.1. The van der Waals surface area contributed by atoms with Crippen molar-refractivity contribution in [2.75, 3.05) is 18.5 Å². The van der Waals surface area contributed by atoms with E-state index in [9.17, 15) is 17.6 Å². The lowest BCUT2D eigenvalue weighted by molar-refractivity contribution is -0.120. The zero-order valence-electron chi connectivity index (χ0n) is 11.5. The summed E-state index contributed by atoms with van der Waals surface area (Å²) in [5, 5.41) is 2.89. The first-order valence-corrected chi connectivity index (χ1v) is 6.62. The predicted molar refractivity (Wildman–Crippen MR) is 70.3 cm³/mol. The Morgan fingerprint density at radius 3 is 2.50 bits per heavy atom. The molecule has 1 atom stereocenters. The summed E-state index contributed by atoms with van der Waals surface area (Å²) in [5.74, 6) is -0.475. The van der Waals surface area contributed by atoms with Crippen molar-refractivity contribution in [3.05, 3.63) is 29.6 Å². The van der Waals surface area contributed by atoms with Crippen molar-refractivity contribution < 1.29 is 17.6 Å². The van der Waals surface area contributed by atoms with E-state index in [1.54, 1.807) is 20.0 Å². The summed E-state index contributed by atoms with van der Waals surface area (Å²) in [6.07, 6.45) is -2.85. The number of anilines is 1. The van der Waals surface area contributed by atoms with E-state index >= 15 is 0 Å². The molecule has 1 saturated carbocycles. The van der Waals surface area contributed by atoms with Gasteiger partial charge in [-0.2, -0.15) is 13.2 Å². The van der Waals surface area contributed by atoms with E-state index < -0.39 is 18.5 Å². The standard InChI is InChI=1S/C14H18F4N2/c1-9(19-2)13-11(15)4-3-5-12(13)20(10-6-7-10)8-14(16,17)18/h3-5,9-10,19H,6-8H2,1-2H3. The molecule has 1 aromatic carbocycles. The predicted octanol–water partition coefficient (Wildman–Crippen LogP) is 3.64. The summed E-state index contributed by atoms with van der Waals surface area (Å²) in [5.41, 5.74) is 0.637. The van der Waals surface area contributed by atoms with E-state index in [0.29, 0.717) is 11.3 Å². The van der Waals surface area contributed by atoms with Crippen molar-refractivity contribution in [1.29, 1.82) is 0 Å². The summed E-state index contributed by atoms with van der Waals surface area (Å²) in [6.45, 7) is 0.700. The molecule has 0 spiro atoms. The van der Waals surface area contributed by atoms with Crippen LogP contribution in [0.5, 0.6) is 0 Å². The molecular weight excluding hydrogens is 272 g/mol. The lowest BCUT2D eigenvalue weighted by Gasteiger charge is -2.30. The fourth-order valence-corrected chi connectivity index (χ4v) is 2.34. The Hall–Kier alpha value is -1.30. The maximum absolute atomic E-state index is 14.0. The summed E-state index contributed by atoms with van der Waals surface area (Å²) in [6, 6.07) is 3.83. The Bertz CT molecular complexity index is 469. The molecule has 112 valence electrons. The van der Waals surface area contributed by atoms with Crippen LogP contribution >= 0.6 is 0 Å². The molecule has 0 heterocycles. The molecule has 0 aromatic heterocycles. The number of hydrogen-bond acceptors (Lipinski definition) is 2. The zero-order chi connectivity index (χ0) is 14.9. The smallest absolute Gasteiger partial charge is 0.359 e. The first kappa shape index (κ1) is 15.1. The van der Waals surface area contributed by atoms with Crippen LogP contribution in [0.1, 0.15) is 31.4 Å². The molecular formula is C14H18F4N2. The number of benzene rings is 1. The van der Waals surface area contributed by atoms with Crippen molar-refractivity contribution >= 4 is 5.69 Å². The molecule has 0 radical (unpaired) electrons. The summed E-state index contributed by atoms with van der Waals surface area (Å²) >= 11 is 0. The van der Waals surface area contributed by atoms with Gasteiger partial charge in [-0.3, -0.25) is 0 Å². The minimum atomic E-state index is -4.30. The minimum absolute atomic E-state index is 0.138. The van der Waals surface area contributed by atoms with E-state index in [-0.39, 0.29) is 12.1 Å². The Labute approximate surface area is 115 Å². The van der Waals surface area contributed by atoms with Crippen molar-refractivity contribution in [3.63, 3.8) is 0 Å². The number of rotatable bonds is 5. The van der Waals surface area contributed by atoms with E-state index in [1.807, 2.05) is 0 Å². The molecule has 0 aliphatic heterocycles. The average molecular weight is 290 g/mol.